The average molecular weight is 455 g/mol. The van der Waals surface area contributed by atoms with Crippen molar-refractivity contribution >= 4 is 10.0 Å². The minimum Gasteiger partial charge on any atom is -0.493 e. The van der Waals surface area contributed by atoms with Crippen LogP contribution in [0.15, 0.2) is 73.1 Å². The molecule has 0 spiro atoms. The Kier molecular flexibility index (Phi) is 7.24. The van der Waals surface area contributed by atoms with Crippen molar-refractivity contribution < 1.29 is 13.2 Å². The van der Waals surface area contributed by atoms with Gasteiger partial charge < -0.3 is 4.74 Å². The smallest absolute Gasteiger partial charge is 0.209 e. The van der Waals surface area contributed by atoms with Crippen LogP contribution in [0.1, 0.15) is 18.4 Å². The Bertz CT molecular complexity index is 1070. The van der Waals surface area contributed by atoms with Crippen LogP contribution in [-0.2, 0) is 16.6 Å². The number of piperidine rings is 1. The molecule has 1 aliphatic rings. The molecular formula is C24H30N4O3S. The van der Waals surface area contributed by atoms with E-state index in [0.717, 1.165) is 37.5 Å². The number of hydrogen-bond donors (Lipinski definition) is 1. The van der Waals surface area contributed by atoms with Crippen molar-refractivity contribution in [2.45, 2.75) is 19.4 Å². The molecule has 1 saturated heterocycles. The fourth-order valence-corrected chi connectivity index (χ4v) is 4.98. The minimum absolute atomic E-state index is 0.0193. The van der Waals surface area contributed by atoms with Crippen molar-refractivity contribution in [2.24, 2.45) is 17.0 Å². The Morgan fingerprint density at radius 2 is 1.81 bits per heavy atom. The Hall–Kier alpha value is -2.68. The minimum atomic E-state index is -3.47. The Morgan fingerprint density at radius 3 is 2.50 bits per heavy atom. The van der Waals surface area contributed by atoms with Crippen LogP contribution in [0.3, 0.4) is 0 Å². The number of sulfonamides is 1. The van der Waals surface area contributed by atoms with Gasteiger partial charge in [0.15, 0.2) is 0 Å². The molecule has 0 saturated carbocycles. The summed E-state index contributed by atoms with van der Waals surface area (Å²) in [7, 11) is -3.47. The summed E-state index contributed by atoms with van der Waals surface area (Å²) in [5.74, 6) is 1.32. The number of likely N-dealkylation sites (tertiary alicyclic amines) is 1. The van der Waals surface area contributed by atoms with E-state index >= 15 is 0 Å². The van der Waals surface area contributed by atoms with Crippen LogP contribution < -0.4 is 9.88 Å². The number of nitrogens with zero attached hydrogens (tertiary/aromatic N) is 3. The topological polar surface area (TPSA) is 90.5 Å². The first-order valence-electron chi connectivity index (χ1n) is 11.0. The van der Waals surface area contributed by atoms with Gasteiger partial charge in [-0.25, -0.2) is 18.2 Å². The van der Waals surface area contributed by atoms with Gasteiger partial charge in [0.2, 0.25) is 10.0 Å². The van der Waals surface area contributed by atoms with E-state index in [0.29, 0.717) is 13.0 Å². The maximum Gasteiger partial charge on any atom is 0.209 e. The van der Waals surface area contributed by atoms with Gasteiger partial charge in [0.05, 0.1) is 18.0 Å². The van der Waals surface area contributed by atoms with Crippen LogP contribution in [-0.4, -0.2) is 48.5 Å². The van der Waals surface area contributed by atoms with Crippen LogP contribution >= 0.6 is 0 Å². The van der Waals surface area contributed by atoms with E-state index in [9.17, 15) is 8.42 Å². The number of hydrogen-bond acceptors (Lipinski definition) is 5. The molecule has 0 radical (unpaired) electrons. The molecule has 2 N–H and O–H groups in total. The maximum absolute atomic E-state index is 11.5. The van der Waals surface area contributed by atoms with Gasteiger partial charge in [-0.3, -0.25) is 4.90 Å². The lowest BCUT2D eigenvalue weighted by Crippen LogP contribution is -2.43. The second-order valence-electron chi connectivity index (χ2n) is 8.44. The van der Waals surface area contributed by atoms with Gasteiger partial charge >= 0.3 is 0 Å². The normalized spacial score (nSPS) is 19.7. The SMILES string of the molecule is NS(=O)(=O)CCC1CCN(Cc2ccccc2)CC1COc1ccc(-n2cccn2)cc1. The van der Waals surface area contributed by atoms with Gasteiger partial charge in [0, 0.05) is 31.4 Å². The summed E-state index contributed by atoms with van der Waals surface area (Å²) in [5, 5.41) is 9.51. The average Bonchev–Trinajstić information content (AvgIpc) is 3.32. The fourth-order valence-electron chi connectivity index (χ4n) is 4.35. The summed E-state index contributed by atoms with van der Waals surface area (Å²) < 4.78 is 31.0. The maximum atomic E-state index is 11.5. The van der Waals surface area contributed by atoms with Crippen LogP contribution in [0.5, 0.6) is 5.75 Å². The van der Waals surface area contributed by atoms with Gasteiger partial charge in [0.1, 0.15) is 5.75 Å². The molecule has 8 heteroatoms. The van der Waals surface area contributed by atoms with Crippen molar-refractivity contribution in [3.05, 3.63) is 78.6 Å². The zero-order valence-electron chi connectivity index (χ0n) is 18.1. The van der Waals surface area contributed by atoms with Gasteiger partial charge in [0.25, 0.3) is 0 Å². The lowest BCUT2D eigenvalue weighted by molar-refractivity contribution is 0.0746. The van der Waals surface area contributed by atoms with Crippen molar-refractivity contribution in [3.8, 4) is 11.4 Å². The highest BCUT2D eigenvalue weighted by atomic mass is 32.2. The monoisotopic (exact) mass is 454 g/mol. The van der Waals surface area contributed by atoms with Crippen LogP contribution in [0.2, 0.25) is 0 Å². The van der Waals surface area contributed by atoms with E-state index in [1.165, 1.54) is 5.56 Å². The van der Waals surface area contributed by atoms with E-state index in [4.69, 9.17) is 9.88 Å². The van der Waals surface area contributed by atoms with E-state index < -0.39 is 10.0 Å². The third kappa shape index (κ3) is 6.41. The first-order valence-corrected chi connectivity index (χ1v) is 12.7. The summed E-state index contributed by atoms with van der Waals surface area (Å²) >= 11 is 0. The third-order valence-electron chi connectivity index (χ3n) is 6.07. The molecule has 7 nitrogen and oxygen atoms in total. The summed E-state index contributed by atoms with van der Waals surface area (Å²) in [5.41, 5.74) is 2.25. The second kappa shape index (κ2) is 10.3. The van der Waals surface area contributed by atoms with E-state index in [-0.39, 0.29) is 17.6 Å². The van der Waals surface area contributed by atoms with Crippen LogP contribution in [0, 0.1) is 11.8 Å². The first kappa shape index (κ1) is 22.5. The largest absolute Gasteiger partial charge is 0.493 e. The molecule has 3 aromatic rings. The Balaban J connectivity index is 1.39. The molecule has 32 heavy (non-hydrogen) atoms. The molecule has 4 rings (SSSR count). The number of benzene rings is 2. The Morgan fingerprint density at radius 1 is 1.03 bits per heavy atom. The van der Waals surface area contributed by atoms with E-state index in [1.54, 1.807) is 10.9 Å². The molecular weight excluding hydrogens is 424 g/mol. The molecule has 2 unspecified atom stereocenters. The Labute approximate surface area is 189 Å². The summed E-state index contributed by atoms with van der Waals surface area (Å²) in [6.07, 6.45) is 5.16. The fraction of sp³-hybridized carbons (Fsp3) is 0.375. The lowest BCUT2D eigenvalue weighted by atomic mass is 9.84. The third-order valence-corrected chi connectivity index (χ3v) is 6.87. The van der Waals surface area contributed by atoms with Crippen molar-refractivity contribution in [1.82, 2.24) is 14.7 Å². The molecule has 0 amide bonds. The van der Waals surface area contributed by atoms with Gasteiger partial charge in [-0.2, -0.15) is 5.10 Å². The molecule has 170 valence electrons. The number of rotatable bonds is 9. The highest BCUT2D eigenvalue weighted by molar-refractivity contribution is 7.89. The second-order valence-corrected chi connectivity index (χ2v) is 10.2. The number of primary sulfonamides is 1. The summed E-state index contributed by atoms with van der Waals surface area (Å²) in [4.78, 5) is 2.43. The van der Waals surface area contributed by atoms with Crippen molar-refractivity contribution in [2.75, 3.05) is 25.4 Å². The number of aromatic nitrogens is 2. The van der Waals surface area contributed by atoms with E-state index in [2.05, 4.69) is 34.3 Å². The molecule has 0 bridgehead atoms. The molecule has 2 heterocycles. The van der Waals surface area contributed by atoms with Crippen molar-refractivity contribution in [1.29, 1.82) is 0 Å². The van der Waals surface area contributed by atoms with Crippen LogP contribution in [0.25, 0.3) is 5.69 Å². The summed E-state index contributed by atoms with van der Waals surface area (Å²) in [6.45, 7) is 3.24. The molecule has 1 aliphatic heterocycles. The van der Waals surface area contributed by atoms with Crippen LogP contribution in [0.4, 0.5) is 0 Å². The lowest BCUT2D eigenvalue weighted by Gasteiger charge is -2.38. The zero-order chi connectivity index (χ0) is 22.4. The highest BCUT2D eigenvalue weighted by Gasteiger charge is 2.30. The molecule has 2 aromatic carbocycles. The number of nitrogens with two attached hydrogens (primary N) is 1. The van der Waals surface area contributed by atoms with E-state index in [1.807, 2.05) is 42.6 Å². The van der Waals surface area contributed by atoms with Gasteiger partial charge in [-0.1, -0.05) is 30.3 Å². The molecule has 1 fully saturated rings. The highest BCUT2D eigenvalue weighted by Crippen LogP contribution is 2.29. The molecule has 0 aliphatic carbocycles. The predicted molar refractivity (Wildman–Crippen MR) is 125 cm³/mol. The predicted octanol–water partition coefficient (Wildman–Crippen LogP) is 3.07. The van der Waals surface area contributed by atoms with Gasteiger partial charge in [-0.05, 0) is 61.2 Å². The zero-order valence-corrected chi connectivity index (χ0v) is 18.9. The number of ether oxygens (including phenoxy) is 1. The van der Waals surface area contributed by atoms with Gasteiger partial charge in [-0.15, -0.1) is 0 Å². The quantitative estimate of drug-likeness (QED) is 0.537. The first-order chi connectivity index (χ1) is 15.5. The molecule has 1 aromatic heterocycles. The summed E-state index contributed by atoms with van der Waals surface area (Å²) in [6, 6.07) is 20.1. The molecule has 2 atom stereocenters. The standard InChI is InChI=1S/C24H30N4O3S/c25-32(29,30)16-12-21-11-15-27(17-20-5-2-1-3-6-20)18-22(21)19-31-24-9-7-23(8-10-24)28-14-4-13-26-28/h1-10,13-14,21-22H,11-12,15-19H2,(H2,25,29,30). The van der Waals surface area contributed by atoms with Crippen molar-refractivity contribution in [3.63, 3.8) is 0 Å².